The highest BCUT2D eigenvalue weighted by Crippen LogP contribution is 2.31. The van der Waals surface area contributed by atoms with Gasteiger partial charge in [-0.1, -0.05) is 36.6 Å². The lowest BCUT2D eigenvalue weighted by Crippen LogP contribution is -2.43. The second-order valence-corrected chi connectivity index (χ2v) is 9.74. The molecule has 0 atom stereocenters. The monoisotopic (exact) mass is 546 g/mol. The summed E-state index contributed by atoms with van der Waals surface area (Å²) in [7, 11) is 3.18. The summed E-state index contributed by atoms with van der Waals surface area (Å²) in [5.41, 5.74) is 2.30. The van der Waals surface area contributed by atoms with E-state index >= 15 is 0 Å². The van der Waals surface area contributed by atoms with E-state index in [0.717, 1.165) is 36.8 Å². The number of rotatable bonds is 9. The Morgan fingerprint density at radius 3 is 2.49 bits per heavy atom. The van der Waals surface area contributed by atoms with Crippen LogP contribution in [0.2, 0.25) is 5.02 Å². The Labute approximate surface area is 232 Å². The number of aromatic nitrogens is 4. The number of anilines is 1. The van der Waals surface area contributed by atoms with Gasteiger partial charge >= 0.3 is 6.03 Å². The SMILES string of the molecule is COc1ccc(-c2nc(-c3ccncc3)nn2CCN(C(=O)Nc2ccccc2OC)C2CCCC2)cc1Cl. The van der Waals surface area contributed by atoms with E-state index in [4.69, 9.17) is 31.2 Å². The third kappa shape index (κ3) is 5.98. The van der Waals surface area contributed by atoms with Crippen molar-refractivity contribution in [3.05, 3.63) is 72.0 Å². The Bertz CT molecular complexity index is 1420. The number of benzene rings is 2. The Morgan fingerprint density at radius 2 is 1.77 bits per heavy atom. The molecular weight excluding hydrogens is 516 g/mol. The van der Waals surface area contributed by atoms with Crippen molar-refractivity contribution in [1.82, 2.24) is 24.6 Å². The number of methoxy groups -OCH3 is 2. The molecule has 1 saturated carbocycles. The van der Waals surface area contributed by atoms with Gasteiger partial charge < -0.3 is 19.7 Å². The van der Waals surface area contributed by atoms with Gasteiger partial charge in [-0.15, -0.1) is 0 Å². The Kier molecular flexibility index (Phi) is 8.27. The number of halogens is 1. The average molecular weight is 547 g/mol. The smallest absolute Gasteiger partial charge is 0.322 e. The second-order valence-electron chi connectivity index (χ2n) is 9.33. The Hall–Kier alpha value is -4.11. The molecule has 0 unspecified atom stereocenters. The first-order valence-electron chi connectivity index (χ1n) is 13.0. The number of carbonyl (C=O) groups is 1. The maximum atomic E-state index is 13.6. The van der Waals surface area contributed by atoms with E-state index in [2.05, 4.69) is 10.3 Å². The van der Waals surface area contributed by atoms with Gasteiger partial charge in [-0.3, -0.25) is 4.98 Å². The first-order valence-corrected chi connectivity index (χ1v) is 13.3. The van der Waals surface area contributed by atoms with E-state index in [0.29, 0.717) is 46.9 Å². The van der Waals surface area contributed by atoms with Crippen molar-refractivity contribution in [2.45, 2.75) is 38.3 Å². The number of pyridine rings is 1. The summed E-state index contributed by atoms with van der Waals surface area (Å²) >= 11 is 6.45. The van der Waals surface area contributed by atoms with E-state index in [1.807, 2.05) is 64.2 Å². The maximum absolute atomic E-state index is 13.6. The summed E-state index contributed by atoms with van der Waals surface area (Å²) in [6.45, 7) is 0.911. The number of hydrogen-bond acceptors (Lipinski definition) is 6. The predicted molar refractivity (Wildman–Crippen MR) is 151 cm³/mol. The molecule has 39 heavy (non-hydrogen) atoms. The minimum atomic E-state index is -0.157. The molecule has 10 heteroatoms. The molecule has 1 aliphatic rings. The molecule has 1 aliphatic carbocycles. The third-order valence-corrected chi connectivity index (χ3v) is 7.24. The second kappa shape index (κ2) is 12.2. The van der Waals surface area contributed by atoms with Crippen LogP contribution in [0.4, 0.5) is 10.5 Å². The van der Waals surface area contributed by atoms with Crippen molar-refractivity contribution in [3.63, 3.8) is 0 Å². The zero-order chi connectivity index (χ0) is 27.2. The Morgan fingerprint density at radius 1 is 1.03 bits per heavy atom. The summed E-state index contributed by atoms with van der Waals surface area (Å²) in [5.74, 6) is 2.43. The third-order valence-electron chi connectivity index (χ3n) is 6.95. The number of nitrogens with one attached hydrogen (secondary N) is 1. The topological polar surface area (TPSA) is 94.4 Å². The average Bonchev–Trinajstić information content (AvgIpc) is 3.65. The fourth-order valence-corrected chi connectivity index (χ4v) is 5.20. The lowest BCUT2D eigenvalue weighted by atomic mass is 10.2. The highest BCUT2D eigenvalue weighted by molar-refractivity contribution is 6.32. The van der Waals surface area contributed by atoms with Crippen molar-refractivity contribution in [3.8, 4) is 34.3 Å². The molecule has 0 saturated heterocycles. The van der Waals surface area contributed by atoms with Crippen LogP contribution in [0.1, 0.15) is 25.7 Å². The van der Waals surface area contributed by atoms with Crippen molar-refractivity contribution in [1.29, 1.82) is 0 Å². The molecular formula is C29H31ClN6O3. The van der Waals surface area contributed by atoms with Crippen LogP contribution in [0.3, 0.4) is 0 Å². The van der Waals surface area contributed by atoms with E-state index < -0.39 is 0 Å². The standard InChI is InChI=1S/C29H31ClN6O3/c1-38-25-12-11-21(19-23(25)30)28-33-27(20-13-15-31-16-14-20)34-36(28)18-17-35(22-7-3-4-8-22)29(37)32-24-9-5-6-10-26(24)39-2/h5-6,9-16,19,22H,3-4,7-8,17-18H2,1-2H3,(H,32,37). The molecule has 1 fully saturated rings. The van der Waals surface area contributed by atoms with Crippen LogP contribution < -0.4 is 14.8 Å². The number of nitrogens with zero attached hydrogens (tertiary/aromatic N) is 5. The van der Waals surface area contributed by atoms with Gasteiger partial charge in [-0.2, -0.15) is 5.10 Å². The number of amides is 2. The van der Waals surface area contributed by atoms with Crippen molar-refractivity contribution in [2.75, 3.05) is 26.1 Å². The zero-order valence-corrected chi connectivity index (χ0v) is 22.8. The lowest BCUT2D eigenvalue weighted by Gasteiger charge is -2.29. The van der Waals surface area contributed by atoms with Crippen LogP contribution in [0.5, 0.6) is 11.5 Å². The quantitative estimate of drug-likeness (QED) is 0.270. The molecule has 0 radical (unpaired) electrons. The van der Waals surface area contributed by atoms with E-state index in [-0.39, 0.29) is 12.1 Å². The fourth-order valence-electron chi connectivity index (χ4n) is 4.94. The molecule has 0 spiro atoms. The van der Waals surface area contributed by atoms with Gasteiger partial charge in [0.2, 0.25) is 0 Å². The van der Waals surface area contributed by atoms with E-state index in [1.54, 1.807) is 26.6 Å². The molecule has 9 nitrogen and oxygen atoms in total. The minimum Gasteiger partial charge on any atom is -0.495 e. The van der Waals surface area contributed by atoms with Crippen LogP contribution in [0, 0.1) is 0 Å². The van der Waals surface area contributed by atoms with E-state index in [9.17, 15) is 4.79 Å². The van der Waals surface area contributed by atoms with Gasteiger partial charge in [0, 0.05) is 36.1 Å². The molecule has 5 rings (SSSR count). The summed E-state index contributed by atoms with van der Waals surface area (Å²) in [5, 5.41) is 8.36. The van der Waals surface area contributed by atoms with Crippen LogP contribution >= 0.6 is 11.6 Å². The van der Waals surface area contributed by atoms with Crippen molar-refractivity contribution in [2.24, 2.45) is 0 Å². The minimum absolute atomic E-state index is 0.154. The molecule has 2 aromatic carbocycles. The highest BCUT2D eigenvalue weighted by atomic mass is 35.5. The number of ether oxygens (including phenoxy) is 2. The maximum Gasteiger partial charge on any atom is 0.322 e. The van der Waals surface area contributed by atoms with Crippen LogP contribution in [0.15, 0.2) is 67.0 Å². The molecule has 2 heterocycles. The Balaban J connectivity index is 1.44. The van der Waals surface area contributed by atoms with Gasteiger partial charge in [0.1, 0.15) is 11.5 Å². The van der Waals surface area contributed by atoms with Crippen molar-refractivity contribution >= 4 is 23.3 Å². The van der Waals surface area contributed by atoms with E-state index in [1.165, 1.54) is 0 Å². The van der Waals surface area contributed by atoms with Crippen LogP contribution in [0.25, 0.3) is 22.8 Å². The number of para-hydroxylation sites is 2. The molecule has 0 bridgehead atoms. The molecule has 1 N–H and O–H groups in total. The summed E-state index contributed by atoms with van der Waals surface area (Å²) in [6, 6.07) is 16.7. The fraction of sp³-hybridized carbons (Fsp3) is 0.310. The number of urea groups is 1. The van der Waals surface area contributed by atoms with Gasteiger partial charge in [0.05, 0.1) is 31.5 Å². The molecule has 0 aliphatic heterocycles. The molecule has 2 amide bonds. The van der Waals surface area contributed by atoms with Gasteiger partial charge in [-0.05, 0) is 55.3 Å². The first kappa shape index (κ1) is 26.5. The zero-order valence-electron chi connectivity index (χ0n) is 22.0. The molecule has 2 aromatic heterocycles. The van der Waals surface area contributed by atoms with Gasteiger partial charge in [0.15, 0.2) is 11.6 Å². The number of carbonyl (C=O) groups excluding carboxylic acids is 1. The highest BCUT2D eigenvalue weighted by Gasteiger charge is 2.28. The van der Waals surface area contributed by atoms with Gasteiger partial charge in [0.25, 0.3) is 0 Å². The van der Waals surface area contributed by atoms with Crippen LogP contribution in [-0.4, -0.2) is 57.5 Å². The van der Waals surface area contributed by atoms with Crippen LogP contribution in [-0.2, 0) is 6.54 Å². The van der Waals surface area contributed by atoms with Crippen molar-refractivity contribution < 1.29 is 14.3 Å². The summed E-state index contributed by atoms with van der Waals surface area (Å²) in [6.07, 6.45) is 7.58. The lowest BCUT2D eigenvalue weighted by molar-refractivity contribution is 0.184. The molecule has 4 aromatic rings. The summed E-state index contributed by atoms with van der Waals surface area (Å²) in [4.78, 5) is 24.4. The predicted octanol–water partition coefficient (Wildman–Crippen LogP) is 6.15. The molecule has 202 valence electrons. The summed E-state index contributed by atoms with van der Waals surface area (Å²) < 4.78 is 12.6. The number of hydrogen-bond donors (Lipinski definition) is 1. The van der Waals surface area contributed by atoms with Gasteiger partial charge in [-0.25, -0.2) is 14.5 Å². The first-order chi connectivity index (χ1) is 19.1. The normalized spacial score (nSPS) is 13.3. The largest absolute Gasteiger partial charge is 0.495 e.